The van der Waals surface area contributed by atoms with Crippen LogP contribution in [0.15, 0.2) is 0 Å². The molecular weight excluding hydrogens is 240 g/mol. The van der Waals surface area contributed by atoms with E-state index in [-0.39, 0.29) is 5.92 Å². The molecule has 17 heavy (non-hydrogen) atoms. The van der Waals surface area contributed by atoms with E-state index in [4.69, 9.17) is 11.5 Å². The van der Waals surface area contributed by atoms with Gasteiger partial charge in [-0.05, 0) is 5.92 Å². The Labute approximate surface area is 106 Å². The number of carboxylic acids is 1. The average molecular weight is 258 g/mol. The van der Waals surface area contributed by atoms with Crippen molar-refractivity contribution in [3.05, 3.63) is 0 Å². The van der Waals surface area contributed by atoms with Crippen molar-refractivity contribution in [2.24, 2.45) is 5.92 Å². The summed E-state index contributed by atoms with van der Waals surface area (Å²) in [6.07, 6.45) is 5.07. The first kappa shape index (κ1) is 15.7. The molecule has 6 heteroatoms. The summed E-state index contributed by atoms with van der Waals surface area (Å²) in [6, 6.07) is -1.33. The highest BCUT2D eigenvalue weighted by molar-refractivity contribution is 7.99. The van der Waals surface area contributed by atoms with Gasteiger partial charge in [0, 0.05) is 12.3 Å². The van der Waals surface area contributed by atoms with Gasteiger partial charge in [0.05, 0.1) is 5.75 Å². The Morgan fingerprint density at radius 3 is 2.59 bits per heavy atom. The van der Waals surface area contributed by atoms with E-state index in [1.54, 1.807) is 13.8 Å². The van der Waals surface area contributed by atoms with Crippen molar-refractivity contribution in [1.29, 1.82) is 0 Å². The molecule has 0 rings (SSSR count). The number of carboxylic acid groups (broad SMARTS) is 1. The van der Waals surface area contributed by atoms with E-state index < -0.39 is 18.0 Å². The topological polar surface area (TPSA) is 78.4 Å². The third-order valence-electron chi connectivity index (χ3n) is 1.94. The van der Waals surface area contributed by atoms with E-state index in [2.05, 4.69) is 16.6 Å². The number of urea groups is 1. The predicted octanol–water partition coefficient (Wildman–Crippen LogP) is 0.761. The lowest BCUT2D eigenvalue weighted by Gasteiger charge is -2.18. The second kappa shape index (κ2) is 8.76. The summed E-state index contributed by atoms with van der Waals surface area (Å²) in [5, 5.41) is 13.9. The molecule has 1 atom stereocenters. The lowest BCUT2D eigenvalue weighted by Crippen LogP contribution is -2.49. The molecule has 0 aromatic carbocycles. The van der Waals surface area contributed by atoms with Gasteiger partial charge in [0.15, 0.2) is 0 Å². The Balaban J connectivity index is 3.84. The number of hydrogen-bond donors (Lipinski definition) is 3. The molecule has 0 heterocycles. The number of nitrogens with one attached hydrogen (secondary N) is 2. The Morgan fingerprint density at radius 1 is 1.47 bits per heavy atom. The molecule has 0 spiro atoms. The van der Waals surface area contributed by atoms with Gasteiger partial charge in [-0.25, -0.2) is 9.59 Å². The molecule has 0 saturated heterocycles. The van der Waals surface area contributed by atoms with Crippen molar-refractivity contribution in [2.45, 2.75) is 19.9 Å². The van der Waals surface area contributed by atoms with Crippen LogP contribution in [0.3, 0.4) is 0 Å². The number of terminal acetylenes is 1. The van der Waals surface area contributed by atoms with E-state index in [1.807, 2.05) is 0 Å². The molecule has 0 unspecified atom stereocenters. The molecule has 0 aliphatic rings. The van der Waals surface area contributed by atoms with Gasteiger partial charge in [0.2, 0.25) is 0 Å². The van der Waals surface area contributed by atoms with Crippen LogP contribution in [-0.4, -0.2) is 41.2 Å². The standard InChI is InChI=1S/C11H18N2O3S/c1-4-6-17-7-5-12-11(16)13-9(8(2)3)10(14)15/h1,8-9H,5-7H2,2-3H3,(H,14,15)(H2,12,13,16)/t9-/m1/s1. The number of hydrogen-bond acceptors (Lipinski definition) is 3. The molecule has 3 N–H and O–H groups in total. The minimum absolute atomic E-state index is 0.158. The molecule has 0 aliphatic carbocycles. The summed E-state index contributed by atoms with van der Waals surface area (Å²) >= 11 is 1.53. The Kier molecular flexibility index (Phi) is 8.07. The first-order valence-electron chi connectivity index (χ1n) is 5.27. The zero-order valence-corrected chi connectivity index (χ0v) is 10.8. The molecule has 0 saturated carbocycles. The predicted molar refractivity (Wildman–Crippen MR) is 69.0 cm³/mol. The third kappa shape index (κ3) is 7.53. The van der Waals surface area contributed by atoms with E-state index in [1.165, 1.54) is 11.8 Å². The molecule has 0 fully saturated rings. The summed E-state index contributed by atoms with van der Waals surface area (Å²) < 4.78 is 0. The summed E-state index contributed by atoms with van der Waals surface area (Å²) in [5.74, 6) is 2.60. The van der Waals surface area contributed by atoms with E-state index in [9.17, 15) is 9.59 Å². The van der Waals surface area contributed by atoms with Gasteiger partial charge in [-0.1, -0.05) is 19.8 Å². The largest absolute Gasteiger partial charge is 0.480 e. The molecule has 5 nitrogen and oxygen atoms in total. The van der Waals surface area contributed by atoms with Crippen LogP contribution in [0.2, 0.25) is 0 Å². The van der Waals surface area contributed by atoms with Crippen molar-refractivity contribution in [3.63, 3.8) is 0 Å². The lowest BCUT2D eigenvalue weighted by molar-refractivity contribution is -0.140. The van der Waals surface area contributed by atoms with Crippen LogP contribution in [-0.2, 0) is 4.79 Å². The fourth-order valence-corrected chi connectivity index (χ4v) is 1.58. The van der Waals surface area contributed by atoms with Crippen molar-refractivity contribution in [1.82, 2.24) is 10.6 Å². The van der Waals surface area contributed by atoms with Gasteiger partial charge in [0.1, 0.15) is 6.04 Å². The monoisotopic (exact) mass is 258 g/mol. The van der Waals surface area contributed by atoms with E-state index in [0.717, 1.165) is 0 Å². The Bertz CT molecular complexity index is 300. The molecule has 96 valence electrons. The number of thioether (sulfide) groups is 1. The summed E-state index contributed by atoms with van der Waals surface area (Å²) in [5.41, 5.74) is 0. The molecule has 2 amide bonds. The molecule has 0 aromatic heterocycles. The van der Waals surface area contributed by atoms with Crippen LogP contribution < -0.4 is 10.6 Å². The zero-order chi connectivity index (χ0) is 13.3. The zero-order valence-electron chi connectivity index (χ0n) is 10.0. The molecule has 0 bridgehead atoms. The van der Waals surface area contributed by atoms with E-state index in [0.29, 0.717) is 18.1 Å². The van der Waals surface area contributed by atoms with Crippen molar-refractivity contribution in [3.8, 4) is 12.3 Å². The van der Waals surface area contributed by atoms with Gasteiger partial charge in [0.25, 0.3) is 0 Å². The van der Waals surface area contributed by atoms with Crippen LogP contribution in [0.25, 0.3) is 0 Å². The number of amides is 2. The van der Waals surface area contributed by atoms with E-state index >= 15 is 0 Å². The smallest absolute Gasteiger partial charge is 0.326 e. The van der Waals surface area contributed by atoms with Gasteiger partial charge < -0.3 is 15.7 Å². The maximum absolute atomic E-state index is 11.4. The summed E-state index contributed by atoms with van der Waals surface area (Å²) in [6.45, 7) is 3.94. The average Bonchev–Trinajstić information content (AvgIpc) is 2.24. The minimum Gasteiger partial charge on any atom is -0.480 e. The van der Waals surface area contributed by atoms with Crippen molar-refractivity contribution >= 4 is 23.8 Å². The van der Waals surface area contributed by atoms with Gasteiger partial charge in [-0.2, -0.15) is 0 Å². The first-order valence-corrected chi connectivity index (χ1v) is 6.43. The van der Waals surface area contributed by atoms with Gasteiger partial charge >= 0.3 is 12.0 Å². The molecule has 0 radical (unpaired) electrons. The van der Waals surface area contributed by atoms with Crippen LogP contribution in [0.1, 0.15) is 13.8 Å². The first-order chi connectivity index (χ1) is 7.99. The van der Waals surface area contributed by atoms with Crippen LogP contribution in [0.5, 0.6) is 0 Å². The second-order valence-electron chi connectivity index (χ2n) is 3.72. The maximum atomic E-state index is 11.4. The van der Waals surface area contributed by atoms with Crippen LogP contribution in [0, 0.1) is 18.3 Å². The molecule has 0 aromatic rings. The van der Waals surface area contributed by atoms with Crippen LogP contribution in [0.4, 0.5) is 4.79 Å². The maximum Gasteiger partial charge on any atom is 0.326 e. The van der Waals surface area contributed by atoms with Gasteiger partial charge in [-0.15, -0.1) is 18.2 Å². The highest BCUT2D eigenvalue weighted by Crippen LogP contribution is 2.01. The summed E-state index contributed by atoms with van der Waals surface area (Å²) in [7, 11) is 0. The third-order valence-corrected chi connectivity index (χ3v) is 2.80. The Morgan fingerprint density at radius 2 is 2.12 bits per heavy atom. The van der Waals surface area contributed by atoms with Crippen LogP contribution >= 0.6 is 11.8 Å². The normalized spacial score (nSPS) is 11.6. The second-order valence-corrected chi connectivity index (χ2v) is 4.82. The number of aliphatic carboxylic acids is 1. The highest BCUT2D eigenvalue weighted by Gasteiger charge is 2.22. The quantitative estimate of drug-likeness (QED) is 0.465. The van der Waals surface area contributed by atoms with Gasteiger partial charge in [-0.3, -0.25) is 0 Å². The Hall–Kier alpha value is -1.35. The molecule has 0 aliphatic heterocycles. The minimum atomic E-state index is -1.03. The number of carbonyl (C=O) groups excluding carboxylic acids is 1. The SMILES string of the molecule is C#CCSCCNC(=O)N[C@@H](C(=O)O)C(C)C. The fourth-order valence-electron chi connectivity index (χ4n) is 1.07. The molecular formula is C11H18N2O3S. The van der Waals surface area contributed by atoms with Crippen molar-refractivity contribution in [2.75, 3.05) is 18.1 Å². The highest BCUT2D eigenvalue weighted by atomic mass is 32.2. The lowest BCUT2D eigenvalue weighted by atomic mass is 10.1. The number of rotatable bonds is 7. The number of carbonyl (C=O) groups is 2. The fraction of sp³-hybridized carbons (Fsp3) is 0.636. The summed E-state index contributed by atoms with van der Waals surface area (Å²) in [4.78, 5) is 22.2. The van der Waals surface area contributed by atoms with Crippen molar-refractivity contribution < 1.29 is 14.7 Å².